The number of hydrogen-bond acceptors (Lipinski definition) is 2. The lowest BCUT2D eigenvalue weighted by molar-refractivity contribution is 0.181. The van der Waals surface area contributed by atoms with Gasteiger partial charge in [-0.15, -0.1) is 4.73 Å². The molecule has 0 aliphatic carbocycles. The van der Waals surface area contributed by atoms with Crippen molar-refractivity contribution in [3.8, 4) is 0 Å². The molecule has 1 N–H and O–H groups in total. The minimum Gasteiger partial charge on any atom is -0.425 e. The Hall–Kier alpha value is -2.14. The van der Waals surface area contributed by atoms with Gasteiger partial charge in [0.25, 0.3) is 0 Å². The van der Waals surface area contributed by atoms with E-state index in [9.17, 15) is 5.21 Å². The normalized spacial score (nSPS) is 12.4. The summed E-state index contributed by atoms with van der Waals surface area (Å²) in [5.74, 6) is 0. The second-order valence-corrected chi connectivity index (χ2v) is 5.04. The fraction of sp³-hybridized carbons (Fsp3) is 0.214. The Bertz CT molecular complexity index is 799. The van der Waals surface area contributed by atoms with Gasteiger partial charge < -0.3 is 14.3 Å². The molecule has 3 aromatic rings. The zero-order valence-corrected chi connectivity index (χ0v) is 11.8. The van der Waals surface area contributed by atoms with Crippen molar-refractivity contribution in [3.63, 3.8) is 0 Å². The molecule has 0 unspecified atom stereocenters. The van der Waals surface area contributed by atoms with Crippen LogP contribution in [0.5, 0.6) is 0 Å². The van der Waals surface area contributed by atoms with E-state index in [4.69, 9.17) is 11.6 Å². The Morgan fingerprint density at radius 2 is 1.95 bits per heavy atom. The lowest BCUT2D eigenvalue weighted by atomic mass is 10.3. The van der Waals surface area contributed by atoms with E-state index in [-0.39, 0.29) is 0 Å². The van der Waals surface area contributed by atoms with Gasteiger partial charge >= 0.3 is 0 Å². The smallest absolute Gasteiger partial charge is 0.239 e. The van der Waals surface area contributed by atoms with E-state index in [2.05, 4.69) is 4.99 Å². The van der Waals surface area contributed by atoms with Gasteiger partial charge in [0.2, 0.25) is 5.62 Å². The highest BCUT2D eigenvalue weighted by Gasteiger charge is 2.08. The first-order chi connectivity index (χ1) is 9.66. The fourth-order valence-corrected chi connectivity index (χ4v) is 2.43. The molecule has 2 aromatic heterocycles. The molecule has 0 spiro atoms. The first-order valence-electron chi connectivity index (χ1n) is 6.34. The van der Waals surface area contributed by atoms with E-state index < -0.39 is 0 Å². The Labute approximate surface area is 120 Å². The topological polar surface area (TPSA) is 47.4 Å². The summed E-state index contributed by atoms with van der Waals surface area (Å²) < 4.78 is 4.98. The van der Waals surface area contributed by atoms with E-state index >= 15 is 0 Å². The van der Waals surface area contributed by atoms with E-state index in [0.29, 0.717) is 22.7 Å². The van der Waals surface area contributed by atoms with Crippen molar-refractivity contribution < 1.29 is 5.21 Å². The van der Waals surface area contributed by atoms with Gasteiger partial charge in [0.1, 0.15) is 5.52 Å². The maximum absolute atomic E-state index is 10.2. The van der Waals surface area contributed by atoms with Crippen LogP contribution in [0.25, 0.3) is 11.0 Å². The monoisotopic (exact) mass is 290 g/mol. The van der Waals surface area contributed by atoms with Crippen LogP contribution in [0.15, 0.2) is 47.7 Å². The molecule has 0 aliphatic rings. The first kappa shape index (κ1) is 12.9. The minimum atomic E-state index is 0.509. The third-order valence-electron chi connectivity index (χ3n) is 3.29. The Kier molecular flexibility index (Phi) is 3.28. The summed E-state index contributed by atoms with van der Waals surface area (Å²) in [5.41, 5.74) is 2.05. The molecule has 0 bridgehead atoms. The zero-order chi connectivity index (χ0) is 14.1. The van der Waals surface area contributed by atoms with Crippen LogP contribution in [0, 0.1) is 0 Å². The third kappa shape index (κ3) is 2.20. The molecule has 0 saturated carbocycles. The van der Waals surface area contributed by atoms with Gasteiger partial charge in [-0.05, 0) is 30.3 Å². The van der Waals surface area contributed by atoms with Crippen LogP contribution in [0.1, 0.15) is 0 Å². The molecule has 0 saturated heterocycles. The molecule has 5 nitrogen and oxygen atoms in total. The third-order valence-corrected chi connectivity index (χ3v) is 3.53. The van der Waals surface area contributed by atoms with Crippen molar-refractivity contribution in [3.05, 3.63) is 53.4 Å². The second-order valence-electron chi connectivity index (χ2n) is 4.61. The number of fused-ring (bicyclic) bond motifs is 1. The Morgan fingerprint density at radius 3 is 2.70 bits per heavy atom. The lowest BCUT2D eigenvalue weighted by Crippen LogP contribution is -2.23. The van der Waals surface area contributed by atoms with Crippen molar-refractivity contribution in [2.24, 2.45) is 12.0 Å². The number of nitrogens with zero attached hydrogens (tertiary/aromatic N) is 4. The van der Waals surface area contributed by atoms with Crippen LogP contribution in [0.3, 0.4) is 0 Å². The van der Waals surface area contributed by atoms with Crippen LogP contribution in [-0.4, -0.2) is 25.6 Å². The van der Waals surface area contributed by atoms with Crippen molar-refractivity contribution in [1.82, 2.24) is 13.9 Å². The highest BCUT2D eigenvalue weighted by Crippen LogP contribution is 2.17. The largest absolute Gasteiger partial charge is 0.425 e. The lowest BCUT2D eigenvalue weighted by Gasteiger charge is -1.99. The van der Waals surface area contributed by atoms with E-state index in [1.807, 2.05) is 46.8 Å². The Morgan fingerprint density at radius 1 is 1.20 bits per heavy atom. The van der Waals surface area contributed by atoms with Crippen LogP contribution >= 0.6 is 11.6 Å². The van der Waals surface area contributed by atoms with Crippen molar-refractivity contribution in [2.75, 3.05) is 6.54 Å². The molecule has 2 heterocycles. The summed E-state index contributed by atoms with van der Waals surface area (Å²) in [5, 5.41) is 10.8. The molecule has 20 heavy (non-hydrogen) atoms. The zero-order valence-electron chi connectivity index (χ0n) is 11.1. The molecule has 0 amide bonds. The summed E-state index contributed by atoms with van der Waals surface area (Å²) in [4.78, 5) is 4.46. The average molecular weight is 291 g/mol. The summed E-state index contributed by atoms with van der Waals surface area (Å²) in [6.45, 7) is 1.36. The highest BCUT2D eigenvalue weighted by molar-refractivity contribution is 6.31. The summed E-state index contributed by atoms with van der Waals surface area (Å²) in [6, 6.07) is 9.30. The van der Waals surface area contributed by atoms with Crippen LogP contribution in [-0.2, 0) is 13.6 Å². The molecule has 6 heteroatoms. The van der Waals surface area contributed by atoms with Crippen molar-refractivity contribution >= 4 is 22.6 Å². The number of rotatable bonds is 3. The van der Waals surface area contributed by atoms with Gasteiger partial charge in [0.15, 0.2) is 0 Å². The molecule has 0 radical (unpaired) electrons. The van der Waals surface area contributed by atoms with Gasteiger partial charge in [0, 0.05) is 31.0 Å². The molecule has 104 valence electrons. The van der Waals surface area contributed by atoms with E-state index in [0.717, 1.165) is 16.8 Å². The quantitative estimate of drug-likeness (QED) is 0.739. The predicted molar refractivity (Wildman–Crippen MR) is 78.0 cm³/mol. The molecule has 0 atom stereocenters. The highest BCUT2D eigenvalue weighted by atomic mass is 35.5. The van der Waals surface area contributed by atoms with Crippen molar-refractivity contribution in [2.45, 2.75) is 6.54 Å². The fourth-order valence-electron chi connectivity index (χ4n) is 2.26. The predicted octanol–water partition coefficient (Wildman–Crippen LogP) is 2.27. The Balaban J connectivity index is 1.98. The van der Waals surface area contributed by atoms with Crippen LogP contribution < -0.4 is 5.62 Å². The van der Waals surface area contributed by atoms with Crippen LogP contribution in [0.4, 0.5) is 0 Å². The SMILES string of the molecule is Cn1c(=NCCn2cccc2)n(O)c2ccc(Cl)cc21. The average Bonchev–Trinajstić information content (AvgIpc) is 3.02. The first-order valence-corrected chi connectivity index (χ1v) is 6.72. The number of hydrogen-bond donors (Lipinski definition) is 1. The number of benzene rings is 1. The minimum absolute atomic E-state index is 0.509. The molecular weight excluding hydrogens is 276 g/mol. The number of aromatic nitrogens is 3. The molecule has 1 aromatic carbocycles. The maximum atomic E-state index is 10.2. The molecule has 3 rings (SSSR count). The molecular formula is C14H15ClN4O. The van der Waals surface area contributed by atoms with Gasteiger partial charge in [0.05, 0.1) is 12.1 Å². The molecule has 0 fully saturated rings. The van der Waals surface area contributed by atoms with Gasteiger partial charge in [-0.25, -0.2) is 4.99 Å². The van der Waals surface area contributed by atoms with Gasteiger partial charge in [-0.3, -0.25) is 0 Å². The standard InChI is InChI=1S/C14H15ClN4O/c1-17-13-10-11(15)4-5-12(13)19(20)14(17)16-6-9-18-7-2-3-8-18/h2-5,7-8,10,20H,6,9H2,1H3. The second kappa shape index (κ2) is 5.09. The summed E-state index contributed by atoms with van der Waals surface area (Å²) in [7, 11) is 1.86. The van der Waals surface area contributed by atoms with Crippen LogP contribution in [0.2, 0.25) is 5.02 Å². The summed E-state index contributed by atoms with van der Waals surface area (Å²) >= 11 is 5.99. The number of imidazole rings is 1. The van der Waals surface area contributed by atoms with Gasteiger partial charge in [-0.1, -0.05) is 11.6 Å². The van der Waals surface area contributed by atoms with E-state index in [1.54, 1.807) is 12.1 Å². The number of halogens is 1. The summed E-state index contributed by atoms with van der Waals surface area (Å²) in [6.07, 6.45) is 3.98. The number of aryl methyl sites for hydroxylation is 1. The van der Waals surface area contributed by atoms with Gasteiger partial charge in [-0.2, -0.15) is 0 Å². The maximum Gasteiger partial charge on any atom is 0.239 e. The van der Waals surface area contributed by atoms with Crippen molar-refractivity contribution in [1.29, 1.82) is 0 Å². The van der Waals surface area contributed by atoms with E-state index in [1.165, 1.54) is 0 Å². The molecule has 0 aliphatic heterocycles.